The number of esters is 1. The van der Waals surface area contributed by atoms with E-state index in [-0.39, 0.29) is 11.9 Å². The van der Waals surface area contributed by atoms with Crippen LogP contribution < -0.4 is 5.73 Å². The number of nitrogens with zero attached hydrogens (tertiary/aromatic N) is 1. The van der Waals surface area contributed by atoms with Gasteiger partial charge >= 0.3 is 5.97 Å². The topological polar surface area (TPSA) is 65.2 Å². The lowest BCUT2D eigenvalue weighted by atomic mass is 9.81. The molecule has 1 aromatic heterocycles. The first-order chi connectivity index (χ1) is 12.0. The maximum Gasteiger partial charge on any atom is 0.308 e. The first-order valence-corrected chi connectivity index (χ1v) is 9.85. The molecule has 0 aliphatic heterocycles. The molecule has 1 aliphatic carbocycles. The van der Waals surface area contributed by atoms with Crippen molar-refractivity contribution in [1.29, 1.82) is 0 Å². The number of hydrogen-bond acceptors (Lipinski definition) is 5. The Morgan fingerprint density at radius 3 is 2.72 bits per heavy atom. The predicted octanol–water partition coefficient (Wildman–Crippen LogP) is 4.61. The minimum atomic E-state index is -0.0190. The highest BCUT2D eigenvalue weighted by molar-refractivity contribution is 7.15. The van der Waals surface area contributed by atoms with Crippen molar-refractivity contribution < 1.29 is 9.53 Å². The first kappa shape index (κ1) is 17.9. The smallest absolute Gasteiger partial charge is 0.308 e. The Balaban J connectivity index is 1.58. The molecule has 2 N–H and O–H groups in total. The largest absolute Gasteiger partial charge is 0.466 e. The lowest BCUT2D eigenvalue weighted by Crippen LogP contribution is -2.24. The van der Waals surface area contributed by atoms with Gasteiger partial charge < -0.3 is 10.5 Å². The maximum atomic E-state index is 11.8. The van der Waals surface area contributed by atoms with Crippen molar-refractivity contribution in [2.45, 2.75) is 46.0 Å². The molecule has 1 aromatic carbocycles. The fourth-order valence-corrected chi connectivity index (χ4v) is 4.62. The van der Waals surface area contributed by atoms with Crippen LogP contribution in [0, 0.1) is 18.8 Å². The Labute approximate surface area is 153 Å². The number of rotatable bonds is 5. The number of carbonyl (C=O) groups excluding carboxylic acids is 1. The van der Waals surface area contributed by atoms with Crippen molar-refractivity contribution >= 4 is 23.0 Å². The van der Waals surface area contributed by atoms with Crippen LogP contribution in [-0.2, 0) is 16.0 Å². The molecule has 0 unspecified atom stereocenters. The van der Waals surface area contributed by atoms with Gasteiger partial charge in [-0.2, -0.15) is 0 Å². The summed E-state index contributed by atoms with van der Waals surface area (Å²) in [5.41, 5.74) is 9.07. The summed E-state index contributed by atoms with van der Waals surface area (Å²) < 4.78 is 5.15. The number of nitrogens with two attached hydrogens (primary N) is 1. The van der Waals surface area contributed by atoms with E-state index in [9.17, 15) is 4.79 Å². The summed E-state index contributed by atoms with van der Waals surface area (Å²) in [4.78, 5) is 17.6. The number of aromatic nitrogens is 1. The monoisotopic (exact) mass is 358 g/mol. The lowest BCUT2D eigenvalue weighted by molar-refractivity contribution is -0.149. The van der Waals surface area contributed by atoms with Gasteiger partial charge in [-0.3, -0.25) is 4.79 Å². The van der Waals surface area contributed by atoms with E-state index >= 15 is 0 Å². The summed E-state index contributed by atoms with van der Waals surface area (Å²) in [7, 11) is 0. The summed E-state index contributed by atoms with van der Waals surface area (Å²) in [5.74, 6) is 0.695. The summed E-state index contributed by atoms with van der Waals surface area (Å²) >= 11 is 1.75. The van der Waals surface area contributed by atoms with Crippen molar-refractivity contribution in [2.24, 2.45) is 11.8 Å². The van der Waals surface area contributed by atoms with E-state index in [1.54, 1.807) is 11.3 Å². The number of benzene rings is 1. The Kier molecular flexibility index (Phi) is 5.74. The van der Waals surface area contributed by atoms with E-state index in [1.165, 1.54) is 15.4 Å². The maximum absolute atomic E-state index is 11.8. The molecule has 3 rings (SSSR count). The fourth-order valence-electron chi connectivity index (χ4n) is 3.60. The van der Waals surface area contributed by atoms with Crippen LogP contribution in [-0.4, -0.2) is 17.6 Å². The number of ether oxygens (including phenoxy) is 1. The molecule has 1 saturated carbocycles. The average Bonchev–Trinajstić information content (AvgIpc) is 3.03. The van der Waals surface area contributed by atoms with Gasteiger partial charge in [0.05, 0.1) is 22.4 Å². The molecule has 134 valence electrons. The van der Waals surface area contributed by atoms with E-state index in [2.05, 4.69) is 18.0 Å². The second-order valence-corrected chi connectivity index (χ2v) is 8.04. The summed E-state index contributed by atoms with van der Waals surface area (Å²) in [5, 5.41) is 1.18. The number of thiazole rings is 1. The molecule has 0 amide bonds. The quantitative estimate of drug-likeness (QED) is 0.626. The van der Waals surface area contributed by atoms with Crippen LogP contribution in [0.25, 0.3) is 10.4 Å². The Morgan fingerprint density at radius 2 is 2.04 bits per heavy atom. The molecule has 1 heterocycles. The van der Waals surface area contributed by atoms with Crippen molar-refractivity contribution in [2.75, 3.05) is 12.3 Å². The number of nitrogen functional groups attached to an aromatic ring is 1. The van der Waals surface area contributed by atoms with Gasteiger partial charge in [0.1, 0.15) is 0 Å². The van der Waals surface area contributed by atoms with E-state index in [1.807, 2.05) is 25.3 Å². The van der Waals surface area contributed by atoms with Gasteiger partial charge in [-0.25, -0.2) is 4.98 Å². The molecule has 0 radical (unpaired) electrons. The number of hydrogen-bond donors (Lipinski definition) is 1. The van der Waals surface area contributed by atoms with Gasteiger partial charge in [-0.1, -0.05) is 6.07 Å². The van der Waals surface area contributed by atoms with E-state index in [0.29, 0.717) is 12.5 Å². The SMILES string of the molecule is CCOC(=O)C1CCC(Cc2ncc(-c3cc(C)cc(N)c3)s2)CC1. The highest BCUT2D eigenvalue weighted by atomic mass is 32.1. The van der Waals surface area contributed by atoms with Gasteiger partial charge in [-0.05, 0) is 68.7 Å². The molecule has 1 fully saturated rings. The first-order valence-electron chi connectivity index (χ1n) is 9.04. The van der Waals surface area contributed by atoms with Crippen LogP contribution in [0.4, 0.5) is 5.69 Å². The fraction of sp³-hybridized carbons (Fsp3) is 0.500. The molecular formula is C20H26N2O2S. The van der Waals surface area contributed by atoms with Crippen LogP contribution in [0.3, 0.4) is 0 Å². The second kappa shape index (κ2) is 8.00. The van der Waals surface area contributed by atoms with Crippen molar-refractivity contribution in [3.63, 3.8) is 0 Å². The zero-order valence-electron chi connectivity index (χ0n) is 15.0. The van der Waals surface area contributed by atoms with Crippen molar-refractivity contribution in [1.82, 2.24) is 4.98 Å². The molecule has 2 aromatic rings. The zero-order valence-corrected chi connectivity index (χ0v) is 15.8. The van der Waals surface area contributed by atoms with Gasteiger partial charge in [0, 0.05) is 18.3 Å². The summed E-state index contributed by atoms with van der Waals surface area (Å²) in [6, 6.07) is 6.14. The van der Waals surface area contributed by atoms with Gasteiger partial charge in [-0.15, -0.1) is 11.3 Å². The number of aryl methyl sites for hydroxylation is 1. The third-order valence-electron chi connectivity index (χ3n) is 4.87. The molecular weight excluding hydrogens is 332 g/mol. The zero-order chi connectivity index (χ0) is 17.8. The minimum Gasteiger partial charge on any atom is -0.466 e. The summed E-state index contributed by atoms with van der Waals surface area (Å²) in [6.45, 7) is 4.40. The van der Waals surface area contributed by atoms with Crippen LogP contribution in [0.1, 0.15) is 43.2 Å². The molecule has 0 atom stereocenters. The Bertz CT molecular complexity index is 713. The van der Waals surface area contributed by atoms with Gasteiger partial charge in [0.2, 0.25) is 0 Å². The number of anilines is 1. The van der Waals surface area contributed by atoms with Crippen LogP contribution in [0.15, 0.2) is 24.4 Å². The van der Waals surface area contributed by atoms with Gasteiger partial charge in [0.15, 0.2) is 0 Å². The lowest BCUT2D eigenvalue weighted by Gasteiger charge is -2.26. The van der Waals surface area contributed by atoms with Crippen molar-refractivity contribution in [3.8, 4) is 10.4 Å². The molecule has 4 nitrogen and oxygen atoms in total. The van der Waals surface area contributed by atoms with Crippen LogP contribution in [0.2, 0.25) is 0 Å². The number of carbonyl (C=O) groups is 1. The normalized spacial score (nSPS) is 20.4. The Morgan fingerprint density at radius 1 is 1.28 bits per heavy atom. The third-order valence-corrected chi connectivity index (χ3v) is 5.94. The highest BCUT2D eigenvalue weighted by Gasteiger charge is 2.27. The predicted molar refractivity (Wildman–Crippen MR) is 102 cm³/mol. The second-order valence-electron chi connectivity index (χ2n) is 6.92. The van der Waals surface area contributed by atoms with E-state index in [4.69, 9.17) is 10.5 Å². The van der Waals surface area contributed by atoms with Crippen LogP contribution >= 0.6 is 11.3 Å². The molecule has 1 aliphatic rings. The van der Waals surface area contributed by atoms with E-state index in [0.717, 1.165) is 43.4 Å². The molecule has 0 saturated heterocycles. The minimum absolute atomic E-state index is 0.0190. The molecule has 0 spiro atoms. The standard InChI is InChI=1S/C20H26N2O2S/c1-3-24-20(23)15-6-4-14(5-7-15)10-19-22-12-18(25-19)16-8-13(2)9-17(21)11-16/h8-9,11-12,14-15H,3-7,10,21H2,1-2H3. The average molecular weight is 359 g/mol. The third kappa shape index (κ3) is 4.60. The Hall–Kier alpha value is -1.88. The van der Waals surface area contributed by atoms with Crippen LogP contribution in [0.5, 0.6) is 0 Å². The highest BCUT2D eigenvalue weighted by Crippen LogP contribution is 2.34. The van der Waals surface area contributed by atoms with Gasteiger partial charge in [0.25, 0.3) is 0 Å². The summed E-state index contributed by atoms with van der Waals surface area (Å²) in [6.07, 6.45) is 7.00. The van der Waals surface area contributed by atoms with E-state index < -0.39 is 0 Å². The molecule has 25 heavy (non-hydrogen) atoms. The molecule has 5 heteroatoms. The molecule has 0 bridgehead atoms. The van der Waals surface area contributed by atoms with Crippen molar-refractivity contribution in [3.05, 3.63) is 35.0 Å².